The fourth-order valence-electron chi connectivity index (χ4n) is 1.49. The number of hydrogen-bond donors (Lipinski definition) is 1. The maximum Gasteiger partial charge on any atom is 0.159 e. The summed E-state index contributed by atoms with van der Waals surface area (Å²) in [5, 5.41) is 17.2. The van der Waals surface area contributed by atoms with E-state index in [9.17, 15) is 0 Å². The van der Waals surface area contributed by atoms with E-state index in [0.717, 1.165) is 5.82 Å². The summed E-state index contributed by atoms with van der Waals surface area (Å²) in [6.07, 6.45) is 0. The van der Waals surface area contributed by atoms with Crippen LogP contribution in [0.15, 0.2) is 0 Å². The highest BCUT2D eigenvalue weighted by Crippen LogP contribution is 2.24. The fraction of sp³-hybridized carbons (Fsp3) is 0.800. The summed E-state index contributed by atoms with van der Waals surface area (Å²) in [7, 11) is 0. The van der Waals surface area contributed by atoms with Gasteiger partial charge in [-0.3, -0.25) is 0 Å². The lowest BCUT2D eigenvalue weighted by Gasteiger charge is -2.21. The first-order chi connectivity index (χ1) is 6.38. The number of rotatable bonds is 2. The molecule has 0 saturated heterocycles. The Labute approximate surface area is 85.0 Å². The summed E-state index contributed by atoms with van der Waals surface area (Å²) in [4.78, 5) is 0. The minimum Gasteiger partial charge on any atom is -0.388 e. The summed E-state index contributed by atoms with van der Waals surface area (Å²) in [6, 6.07) is 0.279. The maximum atomic E-state index is 9.12. The van der Waals surface area contributed by atoms with Crippen LogP contribution in [-0.4, -0.2) is 19.9 Å². The minimum atomic E-state index is -0.0543. The Bertz CT molecular complexity index is 310. The Balaban J connectivity index is 3.25. The molecular weight excluding hydrogens is 178 g/mol. The van der Waals surface area contributed by atoms with Gasteiger partial charge in [0.05, 0.1) is 0 Å². The fourth-order valence-corrected chi connectivity index (χ4v) is 1.49. The number of aliphatic hydroxyl groups is 1. The molecule has 14 heavy (non-hydrogen) atoms. The molecule has 0 radical (unpaired) electrons. The Morgan fingerprint density at radius 1 is 1.29 bits per heavy atom. The lowest BCUT2D eigenvalue weighted by Crippen LogP contribution is -2.21. The monoisotopic (exact) mass is 197 g/mol. The lowest BCUT2D eigenvalue weighted by molar-refractivity contribution is 0.260. The third-order valence-corrected chi connectivity index (χ3v) is 2.10. The van der Waals surface area contributed by atoms with E-state index in [2.05, 4.69) is 44.8 Å². The van der Waals surface area contributed by atoms with Crippen molar-refractivity contribution in [3.8, 4) is 0 Å². The highest BCUT2D eigenvalue weighted by molar-refractivity contribution is 5.06. The van der Waals surface area contributed by atoms with Gasteiger partial charge in [-0.2, -0.15) is 0 Å². The van der Waals surface area contributed by atoms with Crippen molar-refractivity contribution in [2.24, 2.45) is 0 Å². The van der Waals surface area contributed by atoms with Gasteiger partial charge in [0.2, 0.25) is 0 Å². The highest BCUT2D eigenvalue weighted by atomic mass is 16.3. The van der Waals surface area contributed by atoms with Crippen LogP contribution in [0.2, 0.25) is 0 Å². The zero-order valence-electron chi connectivity index (χ0n) is 9.57. The van der Waals surface area contributed by atoms with E-state index in [-0.39, 0.29) is 18.1 Å². The Kier molecular flexibility index (Phi) is 2.95. The molecule has 0 aromatic carbocycles. The molecule has 0 spiro atoms. The summed E-state index contributed by atoms with van der Waals surface area (Å²) < 4.78 is 2.00. The second-order valence-corrected chi connectivity index (χ2v) is 4.81. The molecule has 0 aliphatic heterocycles. The molecule has 1 heterocycles. The summed E-state index contributed by atoms with van der Waals surface area (Å²) in [6.45, 7) is 10.4. The second-order valence-electron chi connectivity index (χ2n) is 4.81. The van der Waals surface area contributed by atoms with Crippen LogP contribution in [0.4, 0.5) is 0 Å². The first-order valence-corrected chi connectivity index (χ1v) is 4.93. The molecule has 1 aromatic heterocycles. The van der Waals surface area contributed by atoms with Crippen molar-refractivity contribution in [3.05, 3.63) is 11.6 Å². The highest BCUT2D eigenvalue weighted by Gasteiger charge is 2.24. The SMILES string of the molecule is CC(C)n1c(CO)nnc1C(C)(C)C. The molecule has 0 aliphatic rings. The van der Waals surface area contributed by atoms with Crippen LogP contribution in [0, 0.1) is 0 Å². The van der Waals surface area contributed by atoms with Crippen molar-refractivity contribution in [1.29, 1.82) is 0 Å². The van der Waals surface area contributed by atoms with Crippen molar-refractivity contribution < 1.29 is 5.11 Å². The third-order valence-electron chi connectivity index (χ3n) is 2.10. The molecule has 0 bridgehead atoms. The van der Waals surface area contributed by atoms with Gasteiger partial charge in [-0.15, -0.1) is 10.2 Å². The Hall–Kier alpha value is -0.900. The summed E-state index contributed by atoms with van der Waals surface area (Å²) in [5.74, 6) is 1.57. The third kappa shape index (κ3) is 1.95. The van der Waals surface area contributed by atoms with E-state index in [1.54, 1.807) is 0 Å². The first-order valence-electron chi connectivity index (χ1n) is 4.93. The van der Waals surface area contributed by atoms with Crippen molar-refractivity contribution in [2.75, 3.05) is 0 Å². The van der Waals surface area contributed by atoms with E-state index in [1.807, 2.05) is 4.57 Å². The van der Waals surface area contributed by atoms with E-state index < -0.39 is 0 Å². The molecule has 1 N–H and O–H groups in total. The van der Waals surface area contributed by atoms with Gasteiger partial charge in [0.15, 0.2) is 5.82 Å². The van der Waals surface area contributed by atoms with Crippen LogP contribution < -0.4 is 0 Å². The average Bonchev–Trinajstić information content (AvgIpc) is 2.45. The zero-order valence-corrected chi connectivity index (χ0v) is 9.57. The second kappa shape index (κ2) is 3.69. The molecule has 0 saturated carbocycles. The lowest BCUT2D eigenvalue weighted by atomic mass is 9.95. The normalized spacial score (nSPS) is 12.5. The van der Waals surface area contributed by atoms with Crippen molar-refractivity contribution >= 4 is 0 Å². The van der Waals surface area contributed by atoms with Crippen LogP contribution >= 0.6 is 0 Å². The zero-order chi connectivity index (χ0) is 10.9. The van der Waals surface area contributed by atoms with Gasteiger partial charge in [0, 0.05) is 11.5 Å². The molecule has 80 valence electrons. The molecule has 4 nitrogen and oxygen atoms in total. The van der Waals surface area contributed by atoms with Crippen molar-refractivity contribution in [1.82, 2.24) is 14.8 Å². The average molecular weight is 197 g/mol. The molecule has 1 rings (SSSR count). The van der Waals surface area contributed by atoms with Crippen LogP contribution in [0.25, 0.3) is 0 Å². The Morgan fingerprint density at radius 2 is 1.86 bits per heavy atom. The van der Waals surface area contributed by atoms with Gasteiger partial charge in [-0.25, -0.2) is 0 Å². The molecule has 1 aromatic rings. The quantitative estimate of drug-likeness (QED) is 0.784. The molecule has 4 heteroatoms. The molecule has 0 unspecified atom stereocenters. The van der Waals surface area contributed by atoms with Gasteiger partial charge in [-0.05, 0) is 13.8 Å². The molecule has 0 amide bonds. The predicted molar refractivity (Wildman–Crippen MR) is 55.0 cm³/mol. The largest absolute Gasteiger partial charge is 0.388 e. The van der Waals surface area contributed by atoms with Crippen LogP contribution in [-0.2, 0) is 12.0 Å². The summed E-state index contributed by atoms with van der Waals surface area (Å²) in [5.41, 5.74) is -0.0370. The number of hydrogen-bond acceptors (Lipinski definition) is 3. The predicted octanol–water partition coefficient (Wildman–Crippen LogP) is 1.65. The van der Waals surface area contributed by atoms with Gasteiger partial charge in [0.1, 0.15) is 12.4 Å². The van der Waals surface area contributed by atoms with Crippen LogP contribution in [0.3, 0.4) is 0 Å². The molecule has 0 fully saturated rings. The first kappa shape index (κ1) is 11.2. The molecule has 0 atom stereocenters. The number of nitrogens with zero attached hydrogens (tertiary/aromatic N) is 3. The van der Waals surface area contributed by atoms with Gasteiger partial charge in [-0.1, -0.05) is 20.8 Å². The van der Waals surface area contributed by atoms with E-state index in [4.69, 9.17) is 5.11 Å². The van der Waals surface area contributed by atoms with E-state index in [1.165, 1.54) is 0 Å². The number of aliphatic hydroxyl groups excluding tert-OH is 1. The smallest absolute Gasteiger partial charge is 0.159 e. The summed E-state index contributed by atoms with van der Waals surface area (Å²) >= 11 is 0. The van der Waals surface area contributed by atoms with Crippen LogP contribution in [0.1, 0.15) is 52.3 Å². The molecular formula is C10H19N3O. The van der Waals surface area contributed by atoms with Crippen molar-refractivity contribution in [3.63, 3.8) is 0 Å². The van der Waals surface area contributed by atoms with Crippen molar-refractivity contribution in [2.45, 2.75) is 52.7 Å². The van der Waals surface area contributed by atoms with E-state index in [0.29, 0.717) is 5.82 Å². The topological polar surface area (TPSA) is 50.9 Å². The van der Waals surface area contributed by atoms with Gasteiger partial charge < -0.3 is 9.67 Å². The Morgan fingerprint density at radius 3 is 2.21 bits per heavy atom. The van der Waals surface area contributed by atoms with Crippen LogP contribution in [0.5, 0.6) is 0 Å². The minimum absolute atomic E-state index is 0.0370. The maximum absolute atomic E-state index is 9.12. The standard InChI is InChI=1S/C10H19N3O/c1-7(2)13-8(6-14)11-12-9(13)10(3,4)5/h7,14H,6H2,1-5H3. The van der Waals surface area contributed by atoms with Gasteiger partial charge >= 0.3 is 0 Å². The molecule has 0 aliphatic carbocycles. The number of aromatic nitrogens is 3. The van der Waals surface area contributed by atoms with Gasteiger partial charge in [0.25, 0.3) is 0 Å². The van der Waals surface area contributed by atoms with E-state index >= 15 is 0 Å².